The highest BCUT2D eigenvalue weighted by atomic mass is 32.2. The molecule has 0 atom stereocenters. The molecule has 2 rings (SSSR count). The van der Waals surface area contributed by atoms with Gasteiger partial charge in [0, 0.05) is 13.1 Å². The maximum atomic E-state index is 12.4. The summed E-state index contributed by atoms with van der Waals surface area (Å²) in [6, 6.07) is 5.25. The fourth-order valence-electron chi connectivity index (χ4n) is 2.33. The van der Waals surface area contributed by atoms with Gasteiger partial charge in [-0.3, -0.25) is 0 Å². The molecule has 0 aromatic heterocycles. The maximum Gasteiger partial charge on any atom is 0.240 e. The van der Waals surface area contributed by atoms with Crippen LogP contribution >= 0.6 is 0 Å². The molecule has 1 aliphatic carbocycles. The molecule has 0 heterocycles. The number of sulfonamides is 1. The predicted octanol–water partition coefficient (Wildman–Crippen LogP) is 1.92. The summed E-state index contributed by atoms with van der Waals surface area (Å²) in [5, 5.41) is 0. The Morgan fingerprint density at radius 1 is 1.37 bits per heavy atom. The van der Waals surface area contributed by atoms with Gasteiger partial charge in [0.2, 0.25) is 10.0 Å². The highest BCUT2D eigenvalue weighted by molar-refractivity contribution is 7.89. The normalized spacial score (nSPS) is 17.4. The van der Waals surface area contributed by atoms with E-state index in [0.29, 0.717) is 18.0 Å². The highest BCUT2D eigenvalue weighted by Crippen LogP contribution is 2.48. The van der Waals surface area contributed by atoms with Crippen molar-refractivity contribution in [1.82, 2.24) is 4.72 Å². The largest absolute Gasteiger partial charge is 0.326 e. The second kappa shape index (κ2) is 5.23. The van der Waals surface area contributed by atoms with E-state index in [9.17, 15) is 8.42 Å². The van der Waals surface area contributed by atoms with Gasteiger partial charge >= 0.3 is 0 Å². The summed E-state index contributed by atoms with van der Waals surface area (Å²) < 4.78 is 27.5. The standard InChI is InChI=1S/C14H22N2O2S/c1-3-14(7-8-14)10-16-19(17,18)13-6-4-5-12(9-15)11(13)2/h4-6,16H,3,7-10,15H2,1-2H3. The number of hydrogen-bond acceptors (Lipinski definition) is 3. The first kappa shape index (κ1) is 14.5. The number of rotatable bonds is 6. The first-order valence-corrected chi connectivity index (χ1v) is 8.21. The van der Waals surface area contributed by atoms with Crippen molar-refractivity contribution in [1.29, 1.82) is 0 Å². The average molecular weight is 282 g/mol. The lowest BCUT2D eigenvalue weighted by molar-refractivity contribution is 0.475. The minimum atomic E-state index is -3.43. The van der Waals surface area contributed by atoms with Crippen LogP contribution in [0, 0.1) is 12.3 Å². The quantitative estimate of drug-likeness (QED) is 0.837. The molecule has 1 aromatic carbocycles. The zero-order valence-corrected chi connectivity index (χ0v) is 12.4. The van der Waals surface area contributed by atoms with Crippen LogP contribution < -0.4 is 10.5 Å². The van der Waals surface area contributed by atoms with Crippen LogP contribution in [0.15, 0.2) is 23.1 Å². The summed E-state index contributed by atoms with van der Waals surface area (Å²) in [5.41, 5.74) is 7.45. The Labute approximate surface area is 115 Å². The molecule has 5 heteroatoms. The minimum Gasteiger partial charge on any atom is -0.326 e. The summed E-state index contributed by atoms with van der Waals surface area (Å²) in [6.45, 7) is 4.82. The van der Waals surface area contributed by atoms with Crippen molar-refractivity contribution in [3.8, 4) is 0 Å². The lowest BCUT2D eigenvalue weighted by atomic mass is 10.1. The van der Waals surface area contributed by atoms with Crippen molar-refractivity contribution < 1.29 is 8.42 Å². The van der Waals surface area contributed by atoms with Crippen LogP contribution in [-0.2, 0) is 16.6 Å². The Kier molecular flexibility index (Phi) is 3.99. The van der Waals surface area contributed by atoms with Crippen molar-refractivity contribution in [2.24, 2.45) is 11.1 Å². The van der Waals surface area contributed by atoms with E-state index in [1.54, 1.807) is 12.1 Å². The Hall–Kier alpha value is -0.910. The smallest absolute Gasteiger partial charge is 0.240 e. The third kappa shape index (κ3) is 2.99. The second-order valence-corrected chi connectivity index (χ2v) is 7.16. The van der Waals surface area contributed by atoms with Gasteiger partial charge in [0.15, 0.2) is 0 Å². The fraction of sp³-hybridized carbons (Fsp3) is 0.571. The molecule has 4 nitrogen and oxygen atoms in total. The molecule has 0 spiro atoms. The van der Waals surface area contributed by atoms with Crippen LogP contribution in [0.3, 0.4) is 0 Å². The Morgan fingerprint density at radius 2 is 2.05 bits per heavy atom. The molecule has 1 fully saturated rings. The average Bonchev–Trinajstić information content (AvgIpc) is 3.17. The van der Waals surface area contributed by atoms with E-state index in [2.05, 4.69) is 11.6 Å². The molecule has 0 radical (unpaired) electrons. The number of benzene rings is 1. The van der Waals surface area contributed by atoms with E-state index < -0.39 is 10.0 Å². The van der Waals surface area contributed by atoms with Gasteiger partial charge in [-0.15, -0.1) is 0 Å². The predicted molar refractivity (Wildman–Crippen MR) is 76.2 cm³/mol. The first-order valence-electron chi connectivity index (χ1n) is 6.72. The minimum absolute atomic E-state index is 0.201. The Morgan fingerprint density at radius 3 is 2.58 bits per heavy atom. The number of nitrogens with one attached hydrogen (secondary N) is 1. The molecule has 19 heavy (non-hydrogen) atoms. The second-order valence-electron chi connectivity index (χ2n) is 5.42. The molecular weight excluding hydrogens is 260 g/mol. The first-order chi connectivity index (χ1) is 8.94. The van der Waals surface area contributed by atoms with Gasteiger partial charge in [-0.2, -0.15) is 0 Å². The topological polar surface area (TPSA) is 72.2 Å². The van der Waals surface area contributed by atoms with E-state index in [4.69, 9.17) is 5.73 Å². The lowest BCUT2D eigenvalue weighted by Crippen LogP contribution is -2.30. The molecule has 3 N–H and O–H groups in total. The van der Waals surface area contributed by atoms with E-state index in [1.165, 1.54) is 0 Å². The zero-order chi connectivity index (χ0) is 14.1. The van der Waals surface area contributed by atoms with Crippen molar-refractivity contribution in [3.05, 3.63) is 29.3 Å². The van der Waals surface area contributed by atoms with E-state index in [-0.39, 0.29) is 5.41 Å². The molecule has 1 aromatic rings. The van der Waals surface area contributed by atoms with Crippen molar-refractivity contribution >= 4 is 10.0 Å². The van der Waals surface area contributed by atoms with Gasteiger partial charge in [-0.1, -0.05) is 19.1 Å². The molecule has 1 aliphatic rings. The highest BCUT2D eigenvalue weighted by Gasteiger charge is 2.41. The van der Waals surface area contributed by atoms with Crippen LogP contribution in [0.2, 0.25) is 0 Å². The summed E-state index contributed by atoms with van der Waals surface area (Å²) in [4.78, 5) is 0.349. The van der Waals surface area contributed by atoms with Crippen LogP contribution in [0.4, 0.5) is 0 Å². The van der Waals surface area contributed by atoms with E-state index >= 15 is 0 Å². The van der Waals surface area contributed by atoms with Crippen LogP contribution in [0.5, 0.6) is 0 Å². The lowest BCUT2D eigenvalue weighted by Gasteiger charge is -2.16. The third-order valence-corrected chi connectivity index (χ3v) is 5.80. The van der Waals surface area contributed by atoms with Gasteiger partial charge in [-0.25, -0.2) is 13.1 Å². The van der Waals surface area contributed by atoms with Crippen molar-refractivity contribution in [3.63, 3.8) is 0 Å². The van der Waals surface area contributed by atoms with Crippen molar-refractivity contribution in [2.75, 3.05) is 6.54 Å². The van der Waals surface area contributed by atoms with Gasteiger partial charge in [-0.05, 0) is 48.8 Å². The molecule has 0 unspecified atom stereocenters. The molecule has 1 saturated carbocycles. The molecule has 0 bridgehead atoms. The van der Waals surface area contributed by atoms with Crippen molar-refractivity contribution in [2.45, 2.75) is 44.6 Å². The molecule has 0 saturated heterocycles. The summed E-state index contributed by atoms with van der Waals surface area (Å²) >= 11 is 0. The Balaban J connectivity index is 2.20. The zero-order valence-electron chi connectivity index (χ0n) is 11.6. The van der Waals surface area contributed by atoms with Crippen LogP contribution in [0.25, 0.3) is 0 Å². The Bertz CT molecular complexity index is 563. The molecule has 0 amide bonds. The van der Waals surface area contributed by atoms with Crippen LogP contribution in [-0.4, -0.2) is 15.0 Å². The van der Waals surface area contributed by atoms with Gasteiger partial charge in [0.05, 0.1) is 4.90 Å². The molecule has 106 valence electrons. The summed E-state index contributed by atoms with van der Waals surface area (Å²) in [7, 11) is -3.43. The summed E-state index contributed by atoms with van der Waals surface area (Å²) in [6.07, 6.45) is 3.26. The maximum absolute atomic E-state index is 12.4. The van der Waals surface area contributed by atoms with Gasteiger partial charge < -0.3 is 5.73 Å². The van der Waals surface area contributed by atoms with Crippen LogP contribution in [0.1, 0.15) is 37.3 Å². The van der Waals surface area contributed by atoms with Gasteiger partial charge in [0.25, 0.3) is 0 Å². The third-order valence-electron chi connectivity index (χ3n) is 4.25. The van der Waals surface area contributed by atoms with E-state index in [0.717, 1.165) is 30.4 Å². The molecule has 0 aliphatic heterocycles. The fourth-order valence-corrected chi connectivity index (χ4v) is 3.77. The summed E-state index contributed by atoms with van der Waals surface area (Å²) in [5.74, 6) is 0. The number of nitrogens with two attached hydrogens (primary N) is 1. The number of hydrogen-bond donors (Lipinski definition) is 2. The molecular formula is C14H22N2O2S. The van der Waals surface area contributed by atoms with E-state index in [1.807, 2.05) is 13.0 Å². The van der Waals surface area contributed by atoms with Gasteiger partial charge in [0.1, 0.15) is 0 Å². The monoisotopic (exact) mass is 282 g/mol. The SMILES string of the molecule is CCC1(CNS(=O)(=O)c2cccc(CN)c2C)CC1.